The van der Waals surface area contributed by atoms with E-state index in [1.54, 1.807) is 19.2 Å². The van der Waals surface area contributed by atoms with Crippen LogP contribution in [0.4, 0.5) is 0 Å². The average Bonchev–Trinajstić information content (AvgIpc) is 2.43. The number of thioether (sulfide) groups is 1. The first-order chi connectivity index (χ1) is 10.0. The summed E-state index contributed by atoms with van der Waals surface area (Å²) in [6.07, 6.45) is 0.122. The van der Waals surface area contributed by atoms with Gasteiger partial charge in [0.2, 0.25) is 5.91 Å². The highest BCUT2D eigenvalue weighted by molar-refractivity contribution is 8.13. The summed E-state index contributed by atoms with van der Waals surface area (Å²) in [6.45, 7) is 1.85. The number of hydrogen-bond acceptors (Lipinski definition) is 5. The molecule has 0 aliphatic heterocycles. The molecule has 0 bridgehead atoms. The number of hydrogen-bond donors (Lipinski definition) is 1. The van der Waals surface area contributed by atoms with Gasteiger partial charge >= 0.3 is 0 Å². The van der Waals surface area contributed by atoms with E-state index in [4.69, 9.17) is 4.74 Å². The van der Waals surface area contributed by atoms with Crippen LogP contribution in [-0.2, 0) is 20.8 Å². The summed E-state index contributed by atoms with van der Waals surface area (Å²) in [5.74, 6) is 0.916. The van der Waals surface area contributed by atoms with Crippen LogP contribution >= 0.6 is 11.8 Å². The zero-order valence-corrected chi connectivity index (χ0v) is 13.0. The second-order valence-electron chi connectivity index (χ2n) is 4.45. The van der Waals surface area contributed by atoms with Gasteiger partial charge in [-0.25, -0.2) is 0 Å². The number of nitrogens with one attached hydrogen (secondary N) is 1. The van der Waals surface area contributed by atoms with Crippen LogP contribution in [-0.4, -0.2) is 36.2 Å². The minimum Gasteiger partial charge on any atom is -0.497 e. The Morgan fingerprint density at radius 1 is 1.29 bits per heavy atom. The molecule has 0 atom stereocenters. The van der Waals surface area contributed by atoms with Gasteiger partial charge in [0.1, 0.15) is 11.5 Å². The van der Waals surface area contributed by atoms with Crippen LogP contribution in [0, 0.1) is 0 Å². The number of amides is 1. The van der Waals surface area contributed by atoms with Gasteiger partial charge in [0.25, 0.3) is 0 Å². The van der Waals surface area contributed by atoms with Crippen molar-refractivity contribution in [2.75, 3.05) is 19.4 Å². The summed E-state index contributed by atoms with van der Waals surface area (Å²) in [7, 11) is 1.57. The summed E-state index contributed by atoms with van der Waals surface area (Å²) in [5, 5.41) is 2.42. The highest BCUT2D eigenvalue weighted by Gasteiger charge is 2.11. The monoisotopic (exact) mass is 309 g/mol. The molecule has 1 rings (SSSR count). The molecule has 0 spiro atoms. The molecule has 5 nitrogen and oxygen atoms in total. The third-order valence-electron chi connectivity index (χ3n) is 2.62. The Labute approximate surface area is 128 Å². The van der Waals surface area contributed by atoms with Crippen LogP contribution in [0.3, 0.4) is 0 Å². The molecule has 0 saturated heterocycles. The Bertz CT molecular complexity index is 516. The predicted molar refractivity (Wildman–Crippen MR) is 82.5 cm³/mol. The number of ketones is 1. The average molecular weight is 309 g/mol. The first-order valence-electron chi connectivity index (χ1n) is 6.56. The molecule has 0 unspecified atom stereocenters. The molecular weight excluding hydrogens is 290 g/mol. The van der Waals surface area contributed by atoms with E-state index in [2.05, 4.69) is 5.32 Å². The number of carbonyl (C=O) groups excluding carboxylic acids is 3. The summed E-state index contributed by atoms with van der Waals surface area (Å²) in [4.78, 5) is 34.1. The Morgan fingerprint density at radius 2 is 2.05 bits per heavy atom. The molecule has 0 fully saturated rings. The van der Waals surface area contributed by atoms with E-state index >= 15 is 0 Å². The third kappa shape index (κ3) is 7.51. The van der Waals surface area contributed by atoms with Crippen LogP contribution in [0.15, 0.2) is 24.3 Å². The number of benzene rings is 1. The van der Waals surface area contributed by atoms with E-state index in [0.717, 1.165) is 17.3 Å². The predicted octanol–water partition coefficient (Wildman–Crippen LogP) is 1.59. The molecule has 1 amide bonds. The van der Waals surface area contributed by atoms with Gasteiger partial charge in [-0.2, -0.15) is 0 Å². The highest BCUT2D eigenvalue weighted by Crippen LogP contribution is 2.14. The largest absolute Gasteiger partial charge is 0.497 e. The highest BCUT2D eigenvalue weighted by atomic mass is 32.2. The molecule has 0 heterocycles. The fourth-order valence-electron chi connectivity index (χ4n) is 1.68. The molecule has 1 N–H and O–H groups in total. The smallest absolute Gasteiger partial charge is 0.216 e. The minimum absolute atomic E-state index is 0.0953. The summed E-state index contributed by atoms with van der Waals surface area (Å²) < 4.78 is 5.09. The second kappa shape index (κ2) is 9.18. The van der Waals surface area contributed by atoms with Gasteiger partial charge in [0, 0.05) is 25.6 Å². The number of methoxy groups -OCH3 is 1. The number of rotatable bonds is 8. The van der Waals surface area contributed by atoms with Crippen molar-refractivity contribution in [2.24, 2.45) is 0 Å². The fraction of sp³-hybridized carbons (Fsp3) is 0.400. The normalized spacial score (nSPS) is 10.0. The van der Waals surface area contributed by atoms with Crippen molar-refractivity contribution in [2.45, 2.75) is 19.8 Å². The molecule has 6 heteroatoms. The van der Waals surface area contributed by atoms with Gasteiger partial charge in [-0.15, -0.1) is 0 Å². The Morgan fingerprint density at radius 3 is 2.71 bits per heavy atom. The Kier molecular flexibility index (Phi) is 7.53. The summed E-state index contributed by atoms with van der Waals surface area (Å²) in [6, 6.07) is 7.23. The maximum absolute atomic E-state index is 11.8. The summed E-state index contributed by atoms with van der Waals surface area (Å²) in [5.41, 5.74) is 0.829. The number of Topliss-reactive ketones (excluding diaryl/α,β-unsaturated/α-hetero) is 1. The van der Waals surface area contributed by atoms with Crippen molar-refractivity contribution in [3.63, 3.8) is 0 Å². The maximum atomic E-state index is 11.8. The molecule has 0 aliphatic carbocycles. The molecule has 21 heavy (non-hydrogen) atoms. The number of carbonyl (C=O) groups is 3. The minimum atomic E-state index is -0.173. The first-order valence-corrected chi connectivity index (χ1v) is 7.54. The van der Waals surface area contributed by atoms with Crippen molar-refractivity contribution in [3.05, 3.63) is 29.8 Å². The molecule has 1 aromatic rings. The number of ether oxygens (including phenoxy) is 1. The van der Waals surface area contributed by atoms with Gasteiger partial charge in [-0.3, -0.25) is 14.4 Å². The lowest BCUT2D eigenvalue weighted by Crippen LogP contribution is -2.23. The lowest BCUT2D eigenvalue weighted by Gasteiger charge is -2.04. The van der Waals surface area contributed by atoms with E-state index < -0.39 is 0 Å². The van der Waals surface area contributed by atoms with Gasteiger partial charge in [-0.05, 0) is 17.7 Å². The van der Waals surface area contributed by atoms with Gasteiger partial charge in [0.05, 0.1) is 13.5 Å². The van der Waals surface area contributed by atoms with Gasteiger partial charge in [0.15, 0.2) is 5.12 Å². The fourth-order valence-corrected chi connectivity index (χ4v) is 2.37. The first kappa shape index (κ1) is 17.2. The van der Waals surface area contributed by atoms with Crippen LogP contribution in [0.5, 0.6) is 5.75 Å². The Balaban J connectivity index is 2.32. The maximum Gasteiger partial charge on any atom is 0.216 e. The molecule has 114 valence electrons. The molecule has 0 saturated carbocycles. The third-order valence-corrected chi connectivity index (χ3v) is 3.49. The van der Waals surface area contributed by atoms with Gasteiger partial charge in [-0.1, -0.05) is 23.9 Å². The molecule has 0 radical (unpaired) electrons. The van der Waals surface area contributed by atoms with Crippen molar-refractivity contribution >= 4 is 28.6 Å². The quantitative estimate of drug-likeness (QED) is 0.583. The van der Waals surface area contributed by atoms with Crippen molar-refractivity contribution < 1.29 is 19.1 Å². The standard InChI is InChI=1S/C15H19NO4S/c1-11(17)16-6-7-21-15(19)10-13(18)8-12-4-3-5-14(9-12)20-2/h3-5,9H,6-8,10H2,1-2H3,(H,16,17). The zero-order valence-electron chi connectivity index (χ0n) is 12.2. The van der Waals surface area contributed by atoms with Gasteiger partial charge < -0.3 is 10.1 Å². The van der Waals surface area contributed by atoms with E-state index in [-0.39, 0.29) is 29.6 Å². The SMILES string of the molecule is COc1cccc(CC(=O)CC(=O)SCCNC(C)=O)c1. The lowest BCUT2D eigenvalue weighted by molar-refractivity contribution is -0.123. The van der Waals surface area contributed by atoms with Crippen LogP contribution in [0.25, 0.3) is 0 Å². The van der Waals surface area contributed by atoms with Crippen LogP contribution in [0.2, 0.25) is 0 Å². The molecular formula is C15H19NO4S. The zero-order chi connectivity index (χ0) is 15.7. The molecule has 1 aromatic carbocycles. The summed E-state index contributed by atoms with van der Waals surface area (Å²) >= 11 is 1.07. The second-order valence-corrected chi connectivity index (χ2v) is 5.60. The van der Waals surface area contributed by atoms with E-state index in [1.807, 2.05) is 12.1 Å². The molecule has 0 aromatic heterocycles. The van der Waals surface area contributed by atoms with Crippen molar-refractivity contribution in [1.29, 1.82) is 0 Å². The topological polar surface area (TPSA) is 72.5 Å². The van der Waals surface area contributed by atoms with Crippen LogP contribution < -0.4 is 10.1 Å². The van der Waals surface area contributed by atoms with Crippen LogP contribution in [0.1, 0.15) is 18.9 Å². The van der Waals surface area contributed by atoms with Crippen molar-refractivity contribution in [1.82, 2.24) is 5.32 Å². The van der Waals surface area contributed by atoms with E-state index in [1.165, 1.54) is 6.92 Å². The molecule has 0 aliphatic rings. The Hall–Kier alpha value is -1.82. The van der Waals surface area contributed by atoms with E-state index in [0.29, 0.717) is 18.0 Å². The van der Waals surface area contributed by atoms with E-state index in [9.17, 15) is 14.4 Å². The lowest BCUT2D eigenvalue weighted by atomic mass is 10.1. The van der Waals surface area contributed by atoms with Crippen molar-refractivity contribution in [3.8, 4) is 5.75 Å².